The zero-order valence-corrected chi connectivity index (χ0v) is 18.4. The molecular weight excluding hydrogens is 332 g/mol. The van der Waals surface area contributed by atoms with E-state index in [1.807, 2.05) is 20.8 Å². The fraction of sp³-hybridized carbons (Fsp3) is 1.00. The van der Waals surface area contributed by atoms with Crippen LogP contribution in [0.3, 0.4) is 0 Å². The fourth-order valence-corrected chi connectivity index (χ4v) is 6.51. The molecule has 0 unspecified atom stereocenters. The maximum Gasteiger partial charge on any atom is 0.500 e. The van der Waals surface area contributed by atoms with Crippen LogP contribution < -0.4 is 0 Å². The summed E-state index contributed by atoms with van der Waals surface area (Å²) in [4.78, 5) is 0. The van der Waals surface area contributed by atoms with Crippen LogP contribution in [0.2, 0.25) is 12.1 Å². The van der Waals surface area contributed by atoms with Gasteiger partial charge in [0.05, 0.1) is 0 Å². The molecule has 0 radical (unpaired) electrons. The van der Waals surface area contributed by atoms with E-state index in [4.69, 9.17) is 26.6 Å². The monoisotopic (exact) mass is 370 g/mol. The van der Waals surface area contributed by atoms with Gasteiger partial charge in [-0.15, -0.1) is 0 Å². The number of hydrogen-bond acceptors (Lipinski definition) is 6. The van der Waals surface area contributed by atoms with Gasteiger partial charge in [-0.05, 0) is 20.8 Å². The number of hydrogen-bond donors (Lipinski definition) is 0. The highest BCUT2D eigenvalue weighted by Crippen LogP contribution is 2.17. The van der Waals surface area contributed by atoms with Gasteiger partial charge in [0.2, 0.25) is 0 Å². The molecule has 8 heteroatoms. The molecule has 0 aromatic rings. The molecule has 6 nitrogen and oxygen atoms in total. The molecule has 0 aromatic heterocycles. The summed E-state index contributed by atoms with van der Waals surface area (Å²) < 4.78 is 32.4. The van der Waals surface area contributed by atoms with Gasteiger partial charge in [-0.25, -0.2) is 0 Å². The first-order valence-electron chi connectivity index (χ1n) is 8.56. The molecule has 0 fully saturated rings. The molecular formula is C15H38O6Si2. The Balaban J connectivity index is 0. The van der Waals surface area contributed by atoms with Crippen LogP contribution in [0.4, 0.5) is 0 Å². The molecule has 0 saturated carbocycles. The quantitative estimate of drug-likeness (QED) is 0.461. The van der Waals surface area contributed by atoms with Gasteiger partial charge in [0.1, 0.15) is 0 Å². The zero-order chi connectivity index (χ0) is 18.2. The van der Waals surface area contributed by atoms with Crippen LogP contribution in [-0.4, -0.2) is 58.8 Å². The van der Waals surface area contributed by atoms with Crippen molar-refractivity contribution in [1.29, 1.82) is 0 Å². The van der Waals surface area contributed by atoms with Gasteiger partial charge in [-0.2, -0.15) is 0 Å². The normalized spacial score (nSPS) is 12.0. The zero-order valence-electron chi connectivity index (χ0n) is 16.4. The standard InChI is InChI=1S/C9H22O3Si.C6H16O3Si/c1-5-9-13(10-6-2,11-7-3)12-8-4;1-5-6-10(7-2,8-3)9-4/h5-9H2,1-4H3;5-6H2,1-4H3. The maximum absolute atomic E-state index is 5.65. The third-order valence-corrected chi connectivity index (χ3v) is 9.41. The van der Waals surface area contributed by atoms with E-state index in [0.717, 1.165) is 24.9 Å². The van der Waals surface area contributed by atoms with Crippen LogP contribution in [0.25, 0.3) is 0 Å². The average Bonchev–Trinajstić information content (AvgIpc) is 2.54. The molecule has 0 heterocycles. The van der Waals surface area contributed by atoms with E-state index >= 15 is 0 Å². The summed E-state index contributed by atoms with van der Waals surface area (Å²) in [6, 6.07) is 1.80. The number of rotatable bonds is 13. The van der Waals surface area contributed by atoms with Crippen LogP contribution in [0.5, 0.6) is 0 Å². The molecule has 0 atom stereocenters. The summed E-state index contributed by atoms with van der Waals surface area (Å²) in [5.74, 6) is 0. The highest BCUT2D eigenvalue weighted by molar-refractivity contribution is 6.61. The summed E-state index contributed by atoms with van der Waals surface area (Å²) in [7, 11) is 0.389. The van der Waals surface area contributed by atoms with Gasteiger partial charge < -0.3 is 26.6 Å². The molecule has 142 valence electrons. The Morgan fingerprint density at radius 1 is 0.522 bits per heavy atom. The molecule has 0 spiro atoms. The van der Waals surface area contributed by atoms with Crippen molar-refractivity contribution in [3.63, 3.8) is 0 Å². The van der Waals surface area contributed by atoms with Gasteiger partial charge in [0, 0.05) is 53.2 Å². The summed E-state index contributed by atoms with van der Waals surface area (Å²) in [5.41, 5.74) is 0. The third-order valence-electron chi connectivity index (χ3n) is 3.14. The predicted octanol–water partition coefficient (Wildman–Crippen LogP) is 3.72. The predicted molar refractivity (Wildman–Crippen MR) is 97.6 cm³/mol. The van der Waals surface area contributed by atoms with E-state index in [2.05, 4.69) is 13.8 Å². The van der Waals surface area contributed by atoms with Crippen molar-refractivity contribution in [1.82, 2.24) is 0 Å². The minimum Gasteiger partial charge on any atom is -0.377 e. The van der Waals surface area contributed by atoms with E-state index in [9.17, 15) is 0 Å². The van der Waals surface area contributed by atoms with Crippen molar-refractivity contribution >= 4 is 17.6 Å². The topological polar surface area (TPSA) is 55.4 Å². The highest BCUT2D eigenvalue weighted by Gasteiger charge is 2.39. The lowest BCUT2D eigenvalue weighted by Gasteiger charge is -2.27. The Kier molecular flexibility index (Phi) is 17.4. The van der Waals surface area contributed by atoms with E-state index in [-0.39, 0.29) is 0 Å². The minimum atomic E-state index is -2.30. The largest absolute Gasteiger partial charge is 0.500 e. The van der Waals surface area contributed by atoms with Crippen molar-refractivity contribution in [2.24, 2.45) is 0 Å². The molecule has 23 heavy (non-hydrogen) atoms. The summed E-state index contributed by atoms with van der Waals surface area (Å²) in [6.45, 7) is 12.2. The molecule has 0 bridgehead atoms. The summed E-state index contributed by atoms with van der Waals surface area (Å²) in [6.07, 6.45) is 2.08. The summed E-state index contributed by atoms with van der Waals surface area (Å²) >= 11 is 0. The fourth-order valence-electron chi connectivity index (χ4n) is 2.17. The van der Waals surface area contributed by atoms with E-state index in [1.165, 1.54) is 0 Å². The van der Waals surface area contributed by atoms with Gasteiger partial charge in [-0.1, -0.05) is 26.7 Å². The minimum absolute atomic E-state index is 0.673. The van der Waals surface area contributed by atoms with Crippen LogP contribution in [0.1, 0.15) is 47.5 Å². The van der Waals surface area contributed by atoms with E-state index < -0.39 is 17.6 Å². The van der Waals surface area contributed by atoms with Crippen molar-refractivity contribution in [3.8, 4) is 0 Å². The Morgan fingerprint density at radius 3 is 1.00 bits per heavy atom. The second-order valence-corrected chi connectivity index (χ2v) is 10.6. The van der Waals surface area contributed by atoms with E-state index in [1.54, 1.807) is 21.3 Å². The smallest absolute Gasteiger partial charge is 0.377 e. The molecule has 0 N–H and O–H groups in total. The molecule has 0 aliphatic rings. The second-order valence-electron chi connectivity index (χ2n) is 4.78. The highest BCUT2D eigenvalue weighted by atomic mass is 28.4. The average molecular weight is 371 g/mol. The Morgan fingerprint density at radius 2 is 0.826 bits per heavy atom. The van der Waals surface area contributed by atoms with Crippen LogP contribution in [0, 0.1) is 0 Å². The van der Waals surface area contributed by atoms with Crippen LogP contribution in [0.15, 0.2) is 0 Å². The van der Waals surface area contributed by atoms with Crippen LogP contribution >= 0.6 is 0 Å². The van der Waals surface area contributed by atoms with E-state index in [0.29, 0.717) is 19.8 Å². The molecule has 0 aliphatic carbocycles. The summed E-state index contributed by atoms with van der Waals surface area (Å²) in [5, 5.41) is 0. The van der Waals surface area contributed by atoms with Crippen molar-refractivity contribution in [2.45, 2.75) is 59.5 Å². The molecule has 0 saturated heterocycles. The first-order valence-corrected chi connectivity index (χ1v) is 12.4. The SMILES string of the molecule is CCC[Si](OC)(OC)OC.CCC[Si](OCC)(OCC)OCC. The van der Waals surface area contributed by atoms with Crippen LogP contribution in [-0.2, 0) is 26.6 Å². The Bertz CT molecular complexity index is 214. The van der Waals surface area contributed by atoms with Gasteiger partial charge >= 0.3 is 17.6 Å². The van der Waals surface area contributed by atoms with Crippen molar-refractivity contribution in [2.75, 3.05) is 41.2 Å². The molecule has 0 aliphatic heterocycles. The molecule has 0 amide bonds. The third kappa shape index (κ3) is 10.6. The maximum atomic E-state index is 5.65. The Hall–Kier alpha value is 0.194. The van der Waals surface area contributed by atoms with Crippen molar-refractivity contribution in [3.05, 3.63) is 0 Å². The lowest BCUT2D eigenvalue weighted by atomic mass is 10.6. The second kappa shape index (κ2) is 15.7. The first-order chi connectivity index (χ1) is 11.0. The van der Waals surface area contributed by atoms with Crippen molar-refractivity contribution < 1.29 is 26.6 Å². The molecule has 0 rings (SSSR count). The lowest BCUT2D eigenvalue weighted by molar-refractivity contribution is 0.0711. The van der Waals surface area contributed by atoms with Gasteiger partial charge in [0.25, 0.3) is 0 Å². The van der Waals surface area contributed by atoms with Gasteiger partial charge in [-0.3, -0.25) is 0 Å². The van der Waals surface area contributed by atoms with Gasteiger partial charge in [0.15, 0.2) is 0 Å². The Labute approximate surface area is 145 Å². The first kappa shape index (κ1) is 25.4. The lowest BCUT2D eigenvalue weighted by Crippen LogP contribution is -2.45. The molecule has 0 aromatic carbocycles.